The van der Waals surface area contributed by atoms with E-state index in [1.165, 1.54) is 30.4 Å². The van der Waals surface area contributed by atoms with Gasteiger partial charge in [0.25, 0.3) is 0 Å². The van der Waals surface area contributed by atoms with Crippen LogP contribution in [0.1, 0.15) is 82.3 Å². The second-order valence-electron chi connectivity index (χ2n) is 9.00. The molecule has 1 N–H and O–H groups in total. The Morgan fingerprint density at radius 1 is 1.27 bits per heavy atom. The highest BCUT2D eigenvalue weighted by atomic mass is 16.5. The number of hydrogen-bond acceptors (Lipinski definition) is 3. The van der Waals surface area contributed by atoms with Crippen molar-refractivity contribution in [1.82, 2.24) is 0 Å². The standard InChI is InChI=1S/C23H32O3/c1-3-4-5-22(25)26-21-11-10-20-19-8-6-15-14-16(24)7-9-17(15)18(19)12-13-23(20,21)2/h7,9,14,18-21,24H,3-6,8,10-13H2,1-2H3/t18?,19?,20?,21?,23-/m0/s1. The van der Waals surface area contributed by atoms with Gasteiger partial charge in [-0.25, -0.2) is 0 Å². The Kier molecular flexibility index (Phi) is 4.75. The van der Waals surface area contributed by atoms with Crippen LogP contribution in [0.25, 0.3) is 0 Å². The number of aryl methyl sites for hydroxylation is 1. The molecule has 0 aliphatic heterocycles. The van der Waals surface area contributed by atoms with Crippen LogP contribution in [0.2, 0.25) is 0 Å². The molecule has 2 fully saturated rings. The van der Waals surface area contributed by atoms with E-state index in [1.807, 2.05) is 12.1 Å². The summed E-state index contributed by atoms with van der Waals surface area (Å²) >= 11 is 0. The summed E-state index contributed by atoms with van der Waals surface area (Å²) in [5, 5.41) is 9.81. The smallest absolute Gasteiger partial charge is 0.306 e. The highest BCUT2D eigenvalue weighted by Gasteiger charge is 2.56. The number of benzene rings is 1. The van der Waals surface area contributed by atoms with Gasteiger partial charge in [0, 0.05) is 11.8 Å². The van der Waals surface area contributed by atoms with Crippen molar-refractivity contribution < 1.29 is 14.6 Å². The topological polar surface area (TPSA) is 46.5 Å². The van der Waals surface area contributed by atoms with Crippen LogP contribution in [0.15, 0.2) is 18.2 Å². The Labute approximate surface area is 157 Å². The molecule has 1 aromatic carbocycles. The summed E-state index contributed by atoms with van der Waals surface area (Å²) in [7, 11) is 0. The van der Waals surface area contributed by atoms with Gasteiger partial charge in [0.05, 0.1) is 0 Å². The molecule has 0 amide bonds. The first kappa shape index (κ1) is 17.9. The SMILES string of the molecule is CCCCC(=O)OC1CCC2C3CCc4cc(O)ccc4C3CC[C@]12C. The summed E-state index contributed by atoms with van der Waals surface area (Å²) in [5.41, 5.74) is 2.96. The van der Waals surface area contributed by atoms with E-state index in [0.717, 1.165) is 32.1 Å². The molecule has 3 nitrogen and oxygen atoms in total. The zero-order chi connectivity index (χ0) is 18.3. The van der Waals surface area contributed by atoms with E-state index in [-0.39, 0.29) is 17.5 Å². The number of ether oxygens (including phenoxy) is 1. The molecule has 2 saturated carbocycles. The molecule has 5 atom stereocenters. The van der Waals surface area contributed by atoms with Gasteiger partial charge >= 0.3 is 5.97 Å². The fourth-order valence-corrected chi connectivity index (χ4v) is 6.25. The van der Waals surface area contributed by atoms with E-state index in [0.29, 0.717) is 29.9 Å². The summed E-state index contributed by atoms with van der Waals surface area (Å²) in [5.74, 6) is 2.37. The summed E-state index contributed by atoms with van der Waals surface area (Å²) in [6.07, 6.45) is 9.47. The van der Waals surface area contributed by atoms with Crippen LogP contribution in [0, 0.1) is 17.3 Å². The second-order valence-corrected chi connectivity index (χ2v) is 9.00. The molecular formula is C23H32O3. The predicted molar refractivity (Wildman–Crippen MR) is 102 cm³/mol. The number of unbranched alkanes of at least 4 members (excludes halogenated alkanes) is 1. The third-order valence-corrected chi connectivity index (χ3v) is 7.63. The molecule has 3 aliphatic rings. The van der Waals surface area contributed by atoms with Crippen LogP contribution in [-0.4, -0.2) is 17.2 Å². The fourth-order valence-electron chi connectivity index (χ4n) is 6.25. The van der Waals surface area contributed by atoms with E-state index in [4.69, 9.17) is 4.74 Å². The molecule has 1 aromatic rings. The van der Waals surface area contributed by atoms with Crippen LogP contribution in [0.4, 0.5) is 0 Å². The van der Waals surface area contributed by atoms with E-state index in [2.05, 4.69) is 19.9 Å². The number of phenols is 1. The van der Waals surface area contributed by atoms with Gasteiger partial charge in [-0.1, -0.05) is 26.3 Å². The van der Waals surface area contributed by atoms with Gasteiger partial charge in [-0.15, -0.1) is 0 Å². The Morgan fingerprint density at radius 2 is 2.12 bits per heavy atom. The van der Waals surface area contributed by atoms with Gasteiger partial charge in [-0.05, 0) is 86.0 Å². The summed E-state index contributed by atoms with van der Waals surface area (Å²) < 4.78 is 5.98. The third kappa shape index (κ3) is 2.93. The lowest BCUT2D eigenvalue weighted by atomic mass is 9.55. The summed E-state index contributed by atoms with van der Waals surface area (Å²) in [6, 6.07) is 5.97. The monoisotopic (exact) mass is 356 g/mol. The molecular weight excluding hydrogens is 324 g/mol. The predicted octanol–water partition coefficient (Wildman–Crippen LogP) is 5.35. The molecule has 0 heterocycles. The number of rotatable bonds is 4. The fraction of sp³-hybridized carbons (Fsp3) is 0.696. The van der Waals surface area contributed by atoms with Gasteiger partial charge in [0.1, 0.15) is 11.9 Å². The Balaban J connectivity index is 1.51. The van der Waals surface area contributed by atoms with Crippen molar-refractivity contribution in [2.24, 2.45) is 17.3 Å². The molecule has 3 heteroatoms. The number of carbonyl (C=O) groups excluding carboxylic acids is 1. The quantitative estimate of drug-likeness (QED) is 0.740. The minimum Gasteiger partial charge on any atom is -0.508 e. The Morgan fingerprint density at radius 3 is 2.92 bits per heavy atom. The lowest BCUT2D eigenvalue weighted by Crippen LogP contribution is -2.45. The van der Waals surface area contributed by atoms with Gasteiger partial charge in [-0.3, -0.25) is 4.79 Å². The summed E-state index contributed by atoms with van der Waals surface area (Å²) in [4.78, 5) is 12.2. The average Bonchev–Trinajstić information content (AvgIpc) is 2.96. The van der Waals surface area contributed by atoms with Crippen LogP contribution in [0.3, 0.4) is 0 Å². The van der Waals surface area contributed by atoms with Crippen molar-refractivity contribution >= 4 is 5.97 Å². The van der Waals surface area contributed by atoms with Crippen molar-refractivity contribution in [2.75, 3.05) is 0 Å². The normalized spacial score (nSPS) is 35.3. The van der Waals surface area contributed by atoms with Crippen LogP contribution in [-0.2, 0) is 16.0 Å². The van der Waals surface area contributed by atoms with Crippen LogP contribution < -0.4 is 0 Å². The maximum atomic E-state index is 12.2. The second kappa shape index (κ2) is 6.90. The molecule has 4 unspecified atom stereocenters. The van der Waals surface area contributed by atoms with E-state index in [9.17, 15) is 9.90 Å². The van der Waals surface area contributed by atoms with Crippen molar-refractivity contribution in [2.45, 2.75) is 83.7 Å². The lowest BCUT2D eigenvalue weighted by molar-refractivity contribution is -0.157. The maximum absolute atomic E-state index is 12.2. The largest absolute Gasteiger partial charge is 0.508 e. The van der Waals surface area contributed by atoms with Gasteiger partial charge in [0.15, 0.2) is 0 Å². The maximum Gasteiger partial charge on any atom is 0.306 e. The zero-order valence-corrected chi connectivity index (χ0v) is 16.2. The highest BCUT2D eigenvalue weighted by molar-refractivity contribution is 5.69. The molecule has 142 valence electrons. The Hall–Kier alpha value is -1.51. The molecule has 3 aliphatic carbocycles. The minimum atomic E-state index is 0.00492. The van der Waals surface area contributed by atoms with Crippen molar-refractivity contribution in [3.05, 3.63) is 29.3 Å². The molecule has 0 bridgehead atoms. The minimum absolute atomic E-state index is 0.00492. The van der Waals surface area contributed by atoms with Crippen molar-refractivity contribution in [1.29, 1.82) is 0 Å². The Bertz CT molecular complexity index is 682. The molecule has 0 spiro atoms. The third-order valence-electron chi connectivity index (χ3n) is 7.63. The van der Waals surface area contributed by atoms with E-state index in [1.54, 1.807) is 0 Å². The number of carbonyl (C=O) groups is 1. The van der Waals surface area contributed by atoms with Crippen LogP contribution in [0.5, 0.6) is 5.75 Å². The molecule has 4 rings (SSSR count). The first-order valence-corrected chi connectivity index (χ1v) is 10.5. The number of fused-ring (bicyclic) bond motifs is 5. The van der Waals surface area contributed by atoms with Crippen molar-refractivity contribution in [3.8, 4) is 5.75 Å². The molecule has 0 saturated heterocycles. The van der Waals surface area contributed by atoms with Crippen LogP contribution >= 0.6 is 0 Å². The van der Waals surface area contributed by atoms with Gasteiger partial charge in [-0.2, -0.15) is 0 Å². The number of esters is 1. The average molecular weight is 357 g/mol. The molecule has 0 aromatic heterocycles. The molecule has 26 heavy (non-hydrogen) atoms. The lowest BCUT2D eigenvalue weighted by Gasteiger charge is -2.50. The van der Waals surface area contributed by atoms with Gasteiger partial charge < -0.3 is 9.84 Å². The number of phenolic OH excluding ortho intramolecular Hbond substituents is 1. The van der Waals surface area contributed by atoms with Crippen molar-refractivity contribution in [3.63, 3.8) is 0 Å². The number of hydrogen-bond donors (Lipinski definition) is 1. The first-order valence-electron chi connectivity index (χ1n) is 10.5. The van der Waals surface area contributed by atoms with E-state index < -0.39 is 0 Å². The number of aromatic hydroxyl groups is 1. The zero-order valence-electron chi connectivity index (χ0n) is 16.2. The van der Waals surface area contributed by atoms with E-state index >= 15 is 0 Å². The van der Waals surface area contributed by atoms with Gasteiger partial charge in [0.2, 0.25) is 0 Å². The first-order chi connectivity index (χ1) is 12.5. The summed E-state index contributed by atoms with van der Waals surface area (Å²) in [6.45, 7) is 4.49. The highest BCUT2D eigenvalue weighted by Crippen LogP contribution is 2.61. The molecule has 0 radical (unpaired) electrons.